The van der Waals surface area contributed by atoms with Crippen LogP contribution in [0.25, 0.3) is 22.3 Å². The normalized spacial score (nSPS) is 10.9. The van der Waals surface area contributed by atoms with Gasteiger partial charge in [-0.25, -0.2) is 4.39 Å². The van der Waals surface area contributed by atoms with Crippen LogP contribution in [0.4, 0.5) is 38.5 Å². The highest BCUT2D eigenvalue weighted by molar-refractivity contribution is 7.99. The Morgan fingerprint density at radius 1 is 0.327 bits per heavy atom. The molecule has 0 radical (unpaired) electrons. The summed E-state index contributed by atoms with van der Waals surface area (Å²) in [6.45, 7) is 0. The van der Waals surface area contributed by atoms with Crippen LogP contribution in [0.5, 0.6) is 0 Å². The molecule has 8 rings (SSSR count). The van der Waals surface area contributed by atoms with E-state index in [1.165, 1.54) is 6.07 Å². The van der Waals surface area contributed by atoms with E-state index in [0.717, 1.165) is 66.2 Å². The number of rotatable bonds is 10. The molecule has 52 heavy (non-hydrogen) atoms. The molecule has 0 N–H and O–H groups in total. The van der Waals surface area contributed by atoms with E-state index in [0.29, 0.717) is 0 Å². The van der Waals surface area contributed by atoms with E-state index >= 15 is 4.39 Å². The van der Waals surface area contributed by atoms with Crippen molar-refractivity contribution in [3.63, 3.8) is 0 Å². The lowest BCUT2D eigenvalue weighted by Gasteiger charge is -2.32. The van der Waals surface area contributed by atoms with Gasteiger partial charge in [0.25, 0.3) is 0 Å². The SMILES string of the molecule is Fc1cccc(N(c2cc(Sc3ccccc3)cc(N(c3ccccc3)c3ccccc3)c2)c2c(-c3ccccc3)cccc2-c2ccccc2)c1. The van der Waals surface area contributed by atoms with Crippen molar-refractivity contribution in [3.05, 3.63) is 218 Å². The van der Waals surface area contributed by atoms with Gasteiger partial charge in [0, 0.05) is 49.4 Å². The molecule has 0 saturated carbocycles. The average molecular weight is 691 g/mol. The fraction of sp³-hybridized carbons (Fsp3) is 0. The van der Waals surface area contributed by atoms with E-state index in [9.17, 15) is 0 Å². The maximum Gasteiger partial charge on any atom is 0.125 e. The van der Waals surface area contributed by atoms with Crippen LogP contribution in [-0.2, 0) is 0 Å². The largest absolute Gasteiger partial charge is 0.310 e. The van der Waals surface area contributed by atoms with E-state index in [1.807, 2.05) is 36.4 Å². The van der Waals surface area contributed by atoms with Crippen LogP contribution >= 0.6 is 11.8 Å². The standard InChI is InChI=1S/C48H35FN2S/c49-38-22-16-27-41(32-38)51(48-46(36-18-6-1-7-19-36)30-17-31-47(48)37-20-8-2-9-21-37)43-33-42(34-45(35-43)52-44-28-14-5-15-29-44)50(39-23-10-3-11-24-39)40-25-12-4-13-26-40/h1-35H. The van der Waals surface area contributed by atoms with Gasteiger partial charge < -0.3 is 9.80 Å². The quantitative estimate of drug-likeness (QED) is 0.141. The maximum atomic E-state index is 15.4. The highest BCUT2D eigenvalue weighted by atomic mass is 32.2. The first-order chi connectivity index (χ1) is 25.7. The number of benzene rings is 8. The fourth-order valence-corrected chi connectivity index (χ4v) is 7.54. The molecule has 0 amide bonds. The summed E-state index contributed by atoms with van der Waals surface area (Å²) in [6.07, 6.45) is 0. The number of anilines is 6. The molecule has 0 unspecified atom stereocenters. The summed E-state index contributed by atoms with van der Waals surface area (Å²) < 4.78 is 15.4. The summed E-state index contributed by atoms with van der Waals surface area (Å²) in [4.78, 5) is 6.68. The minimum atomic E-state index is -0.300. The minimum Gasteiger partial charge on any atom is -0.310 e. The first-order valence-electron chi connectivity index (χ1n) is 17.3. The molecular formula is C48H35FN2S. The van der Waals surface area contributed by atoms with Gasteiger partial charge in [0.2, 0.25) is 0 Å². The Balaban J connectivity index is 1.44. The Morgan fingerprint density at radius 3 is 1.29 bits per heavy atom. The van der Waals surface area contributed by atoms with Gasteiger partial charge in [-0.1, -0.05) is 151 Å². The first-order valence-corrected chi connectivity index (χ1v) is 18.1. The third-order valence-electron chi connectivity index (χ3n) is 8.90. The molecule has 8 aromatic rings. The third kappa shape index (κ3) is 7.11. The van der Waals surface area contributed by atoms with E-state index in [2.05, 4.69) is 168 Å². The van der Waals surface area contributed by atoms with Crippen LogP contribution < -0.4 is 9.80 Å². The summed E-state index contributed by atoms with van der Waals surface area (Å²) in [6, 6.07) is 72.2. The van der Waals surface area contributed by atoms with Crippen molar-refractivity contribution in [2.45, 2.75) is 9.79 Å². The molecule has 250 valence electrons. The average Bonchev–Trinajstić information content (AvgIpc) is 3.20. The molecule has 0 aliphatic carbocycles. The lowest BCUT2D eigenvalue weighted by atomic mass is 9.94. The molecule has 0 aliphatic rings. The molecule has 0 spiro atoms. The minimum absolute atomic E-state index is 0.300. The molecule has 0 aliphatic heterocycles. The number of hydrogen-bond donors (Lipinski definition) is 0. The van der Waals surface area contributed by atoms with Crippen molar-refractivity contribution >= 4 is 45.9 Å². The zero-order valence-electron chi connectivity index (χ0n) is 28.4. The molecule has 0 atom stereocenters. The van der Waals surface area contributed by atoms with E-state index < -0.39 is 0 Å². The van der Waals surface area contributed by atoms with Crippen LogP contribution in [0, 0.1) is 5.82 Å². The third-order valence-corrected chi connectivity index (χ3v) is 9.88. The van der Waals surface area contributed by atoms with Crippen LogP contribution in [-0.4, -0.2) is 0 Å². The topological polar surface area (TPSA) is 6.48 Å². The summed E-state index contributed by atoms with van der Waals surface area (Å²) in [5.41, 5.74) is 9.86. The highest BCUT2D eigenvalue weighted by Crippen LogP contribution is 2.49. The van der Waals surface area contributed by atoms with Crippen molar-refractivity contribution in [2.24, 2.45) is 0 Å². The second kappa shape index (κ2) is 15.3. The van der Waals surface area contributed by atoms with E-state index in [4.69, 9.17) is 0 Å². The molecule has 0 aromatic heterocycles. The monoisotopic (exact) mass is 690 g/mol. The van der Waals surface area contributed by atoms with Crippen LogP contribution in [0.15, 0.2) is 222 Å². The van der Waals surface area contributed by atoms with Crippen LogP contribution in [0.2, 0.25) is 0 Å². The van der Waals surface area contributed by atoms with Crippen molar-refractivity contribution in [3.8, 4) is 22.3 Å². The lowest BCUT2D eigenvalue weighted by molar-refractivity contribution is 0.628. The molecule has 2 nitrogen and oxygen atoms in total. The Bertz CT molecular complexity index is 2290. The van der Waals surface area contributed by atoms with E-state index in [-0.39, 0.29) is 5.82 Å². The molecule has 0 saturated heterocycles. The molecule has 0 heterocycles. The number of para-hydroxylation sites is 3. The second-order valence-electron chi connectivity index (χ2n) is 12.4. The maximum absolute atomic E-state index is 15.4. The van der Waals surface area contributed by atoms with Gasteiger partial charge in [-0.2, -0.15) is 0 Å². The summed E-state index contributed by atoms with van der Waals surface area (Å²) in [5.74, 6) is -0.300. The predicted molar refractivity (Wildman–Crippen MR) is 217 cm³/mol. The molecule has 4 heteroatoms. The van der Waals surface area contributed by atoms with Crippen molar-refractivity contribution < 1.29 is 4.39 Å². The van der Waals surface area contributed by atoms with Gasteiger partial charge in [0.15, 0.2) is 0 Å². The Kier molecular flexibility index (Phi) is 9.63. The van der Waals surface area contributed by atoms with Gasteiger partial charge in [-0.05, 0) is 83.9 Å². The van der Waals surface area contributed by atoms with Gasteiger partial charge in [-0.3, -0.25) is 0 Å². The van der Waals surface area contributed by atoms with Gasteiger partial charge in [0.05, 0.1) is 5.69 Å². The zero-order valence-corrected chi connectivity index (χ0v) is 29.2. The van der Waals surface area contributed by atoms with Crippen molar-refractivity contribution in [2.75, 3.05) is 9.80 Å². The summed E-state index contributed by atoms with van der Waals surface area (Å²) in [7, 11) is 0. The molecule has 8 aromatic carbocycles. The van der Waals surface area contributed by atoms with Crippen LogP contribution in [0.1, 0.15) is 0 Å². The van der Waals surface area contributed by atoms with Gasteiger partial charge in [0.1, 0.15) is 5.82 Å². The number of halogens is 1. The summed E-state index contributed by atoms with van der Waals surface area (Å²) >= 11 is 1.71. The molecular weight excluding hydrogens is 656 g/mol. The Hall–Kier alpha value is -6.36. The lowest BCUT2D eigenvalue weighted by Crippen LogP contribution is -2.15. The Morgan fingerprint density at radius 2 is 0.769 bits per heavy atom. The molecule has 0 bridgehead atoms. The predicted octanol–water partition coefficient (Wildman–Crippen LogP) is 14.3. The van der Waals surface area contributed by atoms with Crippen molar-refractivity contribution in [1.82, 2.24) is 0 Å². The summed E-state index contributed by atoms with van der Waals surface area (Å²) in [5, 5.41) is 0. The smallest absolute Gasteiger partial charge is 0.125 e. The van der Waals surface area contributed by atoms with E-state index in [1.54, 1.807) is 23.9 Å². The highest BCUT2D eigenvalue weighted by Gasteiger charge is 2.24. The van der Waals surface area contributed by atoms with Crippen molar-refractivity contribution in [1.29, 1.82) is 0 Å². The number of hydrogen-bond acceptors (Lipinski definition) is 3. The molecule has 0 fully saturated rings. The Labute approximate surface area is 309 Å². The second-order valence-corrected chi connectivity index (χ2v) is 13.5. The fourth-order valence-electron chi connectivity index (χ4n) is 6.62. The van der Waals surface area contributed by atoms with Gasteiger partial charge in [-0.15, -0.1) is 0 Å². The number of nitrogens with zero attached hydrogens (tertiary/aromatic N) is 2. The van der Waals surface area contributed by atoms with Gasteiger partial charge >= 0.3 is 0 Å². The zero-order chi connectivity index (χ0) is 35.1. The first kappa shape index (κ1) is 32.8. The van der Waals surface area contributed by atoms with Crippen LogP contribution in [0.3, 0.4) is 0 Å².